The van der Waals surface area contributed by atoms with Crippen molar-refractivity contribution in [3.05, 3.63) is 48.3 Å². The third kappa shape index (κ3) is 1.49. The number of hydrogen-bond donors (Lipinski definition) is 0. The Morgan fingerprint density at radius 3 is 2.50 bits per heavy atom. The van der Waals surface area contributed by atoms with Gasteiger partial charge in [0, 0.05) is 5.56 Å². The minimum Gasteiger partial charge on any atom is -0.205 e. The fourth-order valence-corrected chi connectivity index (χ4v) is 0.735. The van der Waals surface area contributed by atoms with Crippen LogP contribution in [0.3, 0.4) is 0 Å². The maximum atomic E-state index is 12.8. The summed E-state index contributed by atoms with van der Waals surface area (Å²) in [4.78, 5) is 0. The molecule has 0 spiro atoms. The van der Waals surface area contributed by atoms with Gasteiger partial charge in [0.15, 0.2) is 5.83 Å². The Morgan fingerprint density at radius 1 is 1.42 bits per heavy atom. The van der Waals surface area contributed by atoms with E-state index < -0.39 is 17.3 Å². The van der Waals surface area contributed by atoms with E-state index in [0.29, 0.717) is 0 Å². The van der Waals surface area contributed by atoms with E-state index in [1.165, 1.54) is 18.2 Å². The number of allylic oxidation sites excluding steroid dienone is 1. The van der Waals surface area contributed by atoms with Crippen LogP contribution in [0.25, 0.3) is 0 Å². The molecular formula is C9H6F3. The molecule has 0 aliphatic carbocycles. The molecule has 0 aliphatic rings. The highest BCUT2D eigenvalue weighted by atomic mass is 19.3. The average Bonchev–Trinajstić information content (AvgIpc) is 2.06. The van der Waals surface area contributed by atoms with Gasteiger partial charge < -0.3 is 0 Å². The van der Waals surface area contributed by atoms with Crippen LogP contribution in [0.5, 0.6) is 0 Å². The van der Waals surface area contributed by atoms with E-state index in [1.54, 1.807) is 0 Å². The van der Waals surface area contributed by atoms with Gasteiger partial charge >= 0.3 is 5.92 Å². The first-order valence-corrected chi connectivity index (χ1v) is 3.25. The quantitative estimate of drug-likeness (QED) is 0.641. The van der Waals surface area contributed by atoms with E-state index >= 15 is 0 Å². The van der Waals surface area contributed by atoms with Crippen molar-refractivity contribution in [1.82, 2.24) is 0 Å². The predicted molar refractivity (Wildman–Crippen MR) is 39.4 cm³/mol. The Balaban J connectivity index is 3.06. The lowest BCUT2D eigenvalue weighted by atomic mass is 10.1. The molecule has 63 valence electrons. The fourth-order valence-electron chi connectivity index (χ4n) is 0.735. The van der Waals surface area contributed by atoms with Crippen LogP contribution in [-0.4, -0.2) is 0 Å². The standard InChI is InChI=1S/C9H6F3/c1-7(10)9(11,12)8-5-3-2-4-6-8/h2-5H,1H2. The van der Waals surface area contributed by atoms with Crippen LogP contribution < -0.4 is 0 Å². The van der Waals surface area contributed by atoms with Gasteiger partial charge in [-0.25, -0.2) is 4.39 Å². The second kappa shape index (κ2) is 3.01. The lowest BCUT2D eigenvalue weighted by molar-refractivity contribution is 0.0143. The summed E-state index contributed by atoms with van der Waals surface area (Å²) in [5.41, 5.74) is -0.502. The van der Waals surface area contributed by atoms with E-state index in [1.807, 2.05) is 0 Å². The van der Waals surface area contributed by atoms with Gasteiger partial charge in [0.05, 0.1) is 0 Å². The molecule has 1 aromatic carbocycles. The van der Waals surface area contributed by atoms with Crippen LogP contribution in [0.2, 0.25) is 0 Å². The third-order valence-corrected chi connectivity index (χ3v) is 1.39. The van der Waals surface area contributed by atoms with Crippen LogP contribution in [0.15, 0.2) is 36.7 Å². The van der Waals surface area contributed by atoms with Crippen molar-refractivity contribution < 1.29 is 13.2 Å². The van der Waals surface area contributed by atoms with Crippen molar-refractivity contribution in [2.45, 2.75) is 5.92 Å². The minimum atomic E-state index is -3.62. The van der Waals surface area contributed by atoms with Crippen molar-refractivity contribution in [2.24, 2.45) is 0 Å². The molecule has 0 aromatic heterocycles. The van der Waals surface area contributed by atoms with Crippen LogP contribution in [0, 0.1) is 6.07 Å². The summed E-state index contributed by atoms with van der Waals surface area (Å²) in [7, 11) is 0. The van der Waals surface area contributed by atoms with Crippen molar-refractivity contribution in [3.63, 3.8) is 0 Å². The largest absolute Gasteiger partial charge is 0.323 e. The molecule has 0 saturated heterocycles. The van der Waals surface area contributed by atoms with Crippen LogP contribution in [-0.2, 0) is 5.92 Å². The second-order valence-electron chi connectivity index (χ2n) is 2.26. The van der Waals surface area contributed by atoms with Crippen LogP contribution in [0.4, 0.5) is 13.2 Å². The van der Waals surface area contributed by atoms with E-state index in [0.717, 1.165) is 6.07 Å². The Kier molecular flexibility index (Phi) is 2.22. The average molecular weight is 171 g/mol. The molecule has 0 aliphatic heterocycles. The molecule has 0 amide bonds. The summed E-state index contributed by atoms with van der Waals surface area (Å²) in [5, 5.41) is 0. The summed E-state index contributed by atoms with van der Waals surface area (Å²) >= 11 is 0. The van der Waals surface area contributed by atoms with Gasteiger partial charge in [-0.05, 0) is 6.07 Å². The number of benzene rings is 1. The van der Waals surface area contributed by atoms with Gasteiger partial charge in [0.25, 0.3) is 0 Å². The third-order valence-electron chi connectivity index (χ3n) is 1.39. The summed E-state index contributed by atoms with van der Waals surface area (Å²) in [6.07, 6.45) is 0. The number of rotatable bonds is 2. The molecule has 0 nitrogen and oxygen atoms in total. The monoisotopic (exact) mass is 171 g/mol. The Morgan fingerprint density at radius 2 is 2.08 bits per heavy atom. The highest BCUT2D eigenvalue weighted by Gasteiger charge is 2.35. The first kappa shape index (κ1) is 8.84. The first-order valence-electron chi connectivity index (χ1n) is 3.25. The molecule has 0 atom stereocenters. The molecule has 1 radical (unpaired) electrons. The Hall–Kier alpha value is -1.25. The SMILES string of the molecule is C=C(F)C(F)(F)c1[c]cccc1. The van der Waals surface area contributed by atoms with Gasteiger partial charge in [0.1, 0.15) is 0 Å². The smallest absolute Gasteiger partial charge is 0.205 e. The molecule has 0 saturated carbocycles. The van der Waals surface area contributed by atoms with Crippen LogP contribution in [0.1, 0.15) is 5.56 Å². The molecule has 1 rings (SSSR count). The van der Waals surface area contributed by atoms with Crippen molar-refractivity contribution in [3.8, 4) is 0 Å². The lowest BCUT2D eigenvalue weighted by Crippen LogP contribution is -2.13. The highest BCUT2D eigenvalue weighted by molar-refractivity contribution is 5.24. The summed E-state index contributed by atoms with van der Waals surface area (Å²) in [5.74, 6) is -5.29. The summed E-state index contributed by atoms with van der Waals surface area (Å²) < 4.78 is 37.7. The number of halogens is 3. The van der Waals surface area contributed by atoms with Gasteiger partial charge in [-0.1, -0.05) is 30.8 Å². The minimum absolute atomic E-state index is 0.502. The zero-order valence-corrected chi connectivity index (χ0v) is 6.15. The molecule has 1 aromatic rings. The van der Waals surface area contributed by atoms with Gasteiger partial charge in [0.2, 0.25) is 0 Å². The van der Waals surface area contributed by atoms with Crippen molar-refractivity contribution in [2.75, 3.05) is 0 Å². The zero-order valence-electron chi connectivity index (χ0n) is 6.15. The zero-order chi connectivity index (χ0) is 9.19. The maximum absolute atomic E-state index is 12.8. The fraction of sp³-hybridized carbons (Fsp3) is 0.111. The molecule has 0 N–H and O–H groups in total. The Bertz CT molecular complexity index is 277. The molecule has 12 heavy (non-hydrogen) atoms. The molecule has 0 bridgehead atoms. The Labute approximate surface area is 68.3 Å². The van der Waals surface area contributed by atoms with Crippen molar-refractivity contribution in [1.29, 1.82) is 0 Å². The molecule has 3 heteroatoms. The van der Waals surface area contributed by atoms with Gasteiger partial charge in [-0.15, -0.1) is 0 Å². The van der Waals surface area contributed by atoms with Crippen molar-refractivity contribution >= 4 is 0 Å². The van der Waals surface area contributed by atoms with E-state index in [2.05, 4.69) is 12.6 Å². The lowest BCUT2D eigenvalue weighted by Gasteiger charge is -2.12. The number of alkyl halides is 2. The van der Waals surface area contributed by atoms with Crippen LogP contribution >= 0.6 is 0 Å². The predicted octanol–water partition coefficient (Wildman–Crippen LogP) is 3.06. The molecule has 0 unspecified atom stereocenters. The highest BCUT2D eigenvalue weighted by Crippen LogP contribution is 2.34. The topological polar surface area (TPSA) is 0 Å². The number of hydrogen-bond acceptors (Lipinski definition) is 0. The van der Waals surface area contributed by atoms with Gasteiger partial charge in [-0.2, -0.15) is 8.78 Å². The van der Waals surface area contributed by atoms with E-state index in [-0.39, 0.29) is 0 Å². The summed E-state index contributed by atoms with van der Waals surface area (Å²) in [6.45, 7) is 2.57. The molecule has 0 heterocycles. The molecule has 0 fully saturated rings. The second-order valence-corrected chi connectivity index (χ2v) is 2.26. The normalized spacial score (nSPS) is 11.2. The van der Waals surface area contributed by atoms with E-state index in [9.17, 15) is 13.2 Å². The first-order chi connectivity index (χ1) is 5.55. The summed E-state index contributed by atoms with van der Waals surface area (Å²) in [6, 6.07) is 7.56. The van der Waals surface area contributed by atoms with E-state index in [4.69, 9.17) is 0 Å². The van der Waals surface area contributed by atoms with Gasteiger partial charge in [-0.3, -0.25) is 0 Å². The maximum Gasteiger partial charge on any atom is 0.323 e. The molecular weight excluding hydrogens is 165 g/mol.